The van der Waals surface area contributed by atoms with Crippen molar-refractivity contribution < 1.29 is 14.0 Å². The molecule has 0 atom stereocenters. The Morgan fingerprint density at radius 1 is 1.08 bits per heavy atom. The Kier molecular flexibility index (Phi) is 4.57. The molecule has 0 spiro atoms. The maximum Gasteiger partial charge on any atom is 0.293 e. The molecule has 0 radical (unpaired) electrons. The number of nitrogens with one attached hydrogen (secondary N) is 3. The van der Waals surface area contributed by atoms with Crippen LogP contribution in [0.5, 0.6) is 0 Å². The van der Waals surface area contributed by atoms with Crippen LogP contribution in [0, 0.1) is 0 Å². The highest BCUT2D eigenvalue weighted by Crippen LogP contribution is 2.14. The monoisotopic (exact) mass is 342 g/mol. The van der Waals surface area contributed by atoms with Crippen molar-refractivity contribution in [1.82, 2.24) is 20.7 Å². The first kappa shape index (κ1) is 15.8. The van der Waals surface area contributed by atoms with E-state index in [4.69, 9.17) is 16.6 Å². The largest absolute Gasteiger partial charge is 0.459 e. The number of hydrogen-bond acceptors (Lipinski definition) is 4. The van der Waals surface area contributed by atoms with Crippen LogP contribution < -0.4 is 16.2 Å². The number of amides is 2. The molecule has 0 saturated carbocycles. The summed E-state index contributed by atoms with van der Waals surface area (Å²) in [5.74, 6) is -0.668. The highest BCUT2D eigenvalue weighted by Gasteiger charge is 2.11. The first-order chi connectivity index (χ1) is 11.6. The third-order valence-electron chi connectivity index (χ3n) is 3.28. The van der Waals surface area contributed by atoms with Gasteiger partial charge in [0.25, 0.3) is 11.8 Å². The van der Waals surface area contributed by atoms with Crippen LogP contribution in [0.25, 0.3) is 10.9 Å². The number of benzene rings is 1. The third-order valence-corrected chi connectivity index (χ3v) is 3.49. The Balaban J connectivity index is 1.50. The highest BCUT2D eigenvalue weighted by molar-refractivity contribution is 7.80. The molecule has 3 rings (SSSR count). The van der Waals surface area contributed by atoms with Crippen molar-refractivity contribution in [2.75, 3.05) is 0 Å². The maximum atomic E-state index is 12.0. The quantitative estimate of drug-likeness (QED) is 0.497. The van der Waals surface area contributed by atoms with Crippen LogP contribution in [0.3, 0.4) is 0 Å². The Labute approximate surface area is 142 Å². The molecule has 0 fully saturated rings. The molecule has 122 valence electrons. The molecule has 2 amide bonds. The van der Waals surface area contributed by atoms with E-state index < -0.39 is 5.91 Å². The third kappa shape index (κ3) is 3.61. The van der Waals surface area contributed by atoms with Crippen LogP contribution in [0.1, 0.15) is 10.6 Å². The van der Waals surface area contributed by atoms with Gasteiger partial charge in [0.05, 0.1) is 6.26 Å². The number of rotatable bonds is 3. The minimum Gasteiger partial charge on any atom is -0.459 e. The number of thiocarbonyl (C=S) groups is 1. The molecule has 0 aliphatic rings. The summed E-state index contributed by atoms with van der Waals surface area (Å²) in [6, 6.07) is 12.8. The van der Waals surface area contributed by atoms with E-state index >= 15 is 0 Å². The van der Waals surface area contributed by atoms with Crippen molar-refractivity contribution in [3.8, 4) is 0 Å². The van der Waals surface area contributed by atoms with Crippen LogP contribution in [0.2, 0.25) is 0 Å². The molecule has 3 N–H and O–H groups in total. The van der Waals surface area contributed by atoms with E-state index in [1.807, 2.05) is 41.1 Å². The van der Waals surface area contributed by atoms with Gasteiger partial charge in [0.15, 0.2) is 10.9 Å². The molecule has 0 bridgehead atoms. The van der Waals surface area contributed by atoms with Gasteiger partial charge in [-0.25, -0.2) is 0 Å². The zero-order chi connectivity index (χ0) is 16.9. The second-order valence-corrected chi connectivity index (χ2v) is 5.34. The van der Waals surface area contributed by atoms with Gasteiger partial charge in [-0.15, -0.1) is 0 Å². The Hall–Kier alpha value is -3.13. The number of furan rings is 1. The molecule has 0 unspecified atom stereocenters. The first-order valence-electron chi connectivity index (χ1n) is 7.11. The van der Waals surface area contributed by atoms with Gasteiger partial charge in [-0.3, -0.25) is 25.8 Å². The molecule has 1 aromatic carbocycles. The van der Waals surface area contributed by atoms with E-state index in [0.717, 1.165) is 10.9 Å². The molecule has 0 aliphatic heterocycles. The predicted molar refractivity (Wildman–Crippen MR) is 92.0 cm³/mol. The molecule has 0 aliphatic carbocycles. The summed E-state index contributed by atoms with van der Waals surface area (Å²) in [6.07, 6.45) is 3.22. The van der Waals surface area contributed by atoms with Gasteiger partial charge < -0.3 is 8.98 Å². The second-order valence-electron chi connectivity index (χ2n) is 4.94. The first-order valence-corrected chi connectivity index (χ1v) is 7.52. The Morgan fingerprint density at radius 2 is 1.92 bits per heavy atom. The predicted octanol–water partition coefficient (Wildman–Crippen LogP) is 1.57. The summed E-state index contributed by atoms with van der Waals surface area (Å²) in [5, 5.41) is 3.42. The fraction of sp³-hybridized carbons (Fsp3) is 0.0625. The molecule has 24 heavy (non-hydrogen) atoms. The van der Waals surface area contributed by atoms with Crippen molar-refractivity contribution in [2.24, 2.45) is 0 Å². The molecule has 8 heteroatoms. The topological polar surface area (TPSA) is 88.3 Å². The van der Waals surface area contributed by atoms with Crippen LogP contribution in [0.4, 0.5) is 0 Å². The fourth-order valence-corrected chi connectivity index (χ4v) is 2.35. The fourth-order valence-electron chi connectivity index (χ4n) is 2.20. The molecular formula is C16H14N4O3S. The molecule has 3 aromatic rings. The minimum absolute atomic E-state index is 0.0258. The van der Waals surface area contributed by atoms with E-state index in [1.54, 1.807) is 6.07 Å². The lowest BCUT2D eigenvalue weighted by atomic mass is 10.2. The van der Waals surface area contributed by atoms with Crippen LogP contribution in [0.15, 0.2) is 59.3 Å². The lowest BCUT2D eigenvalue weighted by Crippen LogP contribution is -2.49. The van der Waals surface area contributed by atoms with E-state index in [0.29, 0.717) is 0 Å². The minimum atomic E-state index is -0.497. The zero-order valence-electron chi connectivity index (χ0n) is 12.5. The summed E-state index contributed by atoms with van der Waals surface area (Å²) < 4.78 is 6.76. The summed E-state index contributed by atoms with van der Waals surface area (Å²) in [5.41, 5.74) is 5.88. The smallest absolute Gasteiger partial charge is 0.293 e. The van der Waals surface area contributed by atoms with Gasteiger partial charge in [-0.05, 0) is 41.9 Å². The number of nitrogens with zero attached hydrogens (tertiary/aromatic N) is 1. The van der Waals surface area contributed by atoms with Gasteiger partial charge in [0.1, 0.15) is 6.54 Å². The van der Waals surface area contributed by atoms with Crippen LogP contribution in [-0.4, -0.2) is 21.5 Å². The Morgan fingerprint density at radius 3 is 2.71 bits per heavy atom. The molecule has 0 saturated heterocycles. The van der Waals surface area contributed by atoms with Crippen LogP contribution >= 0.6 is 12.2 Å². The number of fused-ring (bicyclic) bond motifs is 1. The van der Waals surface area contributed by atoms with Crippen molar-refractivity contribution in [3.63, 3.8) is 0 Å². The molecular weight excluding hydrogens is 328 g/mol. The van der Waals surface area contributed by atoms with Crippen molar-refractivity contribution in [2.45, 2.75) is 6.54 Å². The lowest BCUT2D eigenvalue weighted by Gasteiger charge is -2.11. The molecule has 7 nitrogen and oxygen atoms in total. The van der Waals surface area contributed by atoms with E-state index in [-0.39, 0.29) is 23.3 Å². The number of hydrazine groups is 1. The summed E-state index contributed by atoms with van der Waals surface area (Å²) in [7, 11) is 0. The number of aromatic nitrogens is 1. The highest BCUT2D eigenvalue weighted by atomic mass is 32.1. The summed E-state index contributed by atoms with van der Waals surface area (Å²) in [6.45, 7) is 0.120. The van der Waals surface area contributed by atoms with Crippen molar-refractivity contribution in [3.05, 3.63) is 60.7 Å². The van der Waals surface area contributed by atoms with Crippen LogP contribution in [-0.2, 0) is 11.3 Å². The van der Waals surface area contributed by atoms with Gasteiger partial charge in [-0.2, -0.15) is 0 Å². The van der Waals surface area contributed by atoms with Crippen molar-refractivity contribution >= 4 is 40.0 Å². The normalized spacial score (nSPS) is 10.3. The van der Waals surface area contributed by atoms with Gasteiger partial charge >= 0.3 is 0 Å². The summed E-state index contributed by atoms with van der Waals surface area (Å²) in [4.78, 5) is 23.7. The number of para-hydroxylation sites is 1. The van der Waals surface area contributed by atoms with Gasteiger partial charge in [0, 0.05) is 11.7 Å². The number of carbonyl (C=O) groups is 2. The number of hydrogen-bond donors (Lipinski definition) is 3. The Bertz CT molecular complexity index is 886. The van der Waals surface area contributed by atoms with E-state index in [9.17, 15) is 9.59 Å². The van der Waals surface area contributed by atoms with Crippen molar-refractivity contribution in [1.29, 1.82) is 0 Å². The second kappa shape index (κ2) is 6.97. The van der Waals surface area contributed by atoms with E-state index in [2.05, 4.69) is 16.2 Å². The molecule has 2 heterocycles. The maximum absolute atomic E-state index is 12.0. The standard InChI is InChI=1S/C16H14N4O3S/c21-14(10-20-8-7-11-4-1-2-5-12(11)20)18-19-16(24)17-15(22)13-6-3-9-23-13/h1-9H,10H2,(H,18,21)(H2,17,19,22,24). The van der Waals surface area contributed by atoms with Gasteiger partial charge in [-0.1, -0.05) is 18.2 Å². The number of carbonyl (C=O) groups excluding carboxylic acids is 2. The summed E-state index contributed by atoms with van der Waals surface area (Å²) >= 11 is 4.94. The molecule has 2 aromatic heterocycles. The average Bonchev–Trinajstić information content (AvgIpc) is 3.23. The lowest BCUT2D eigenvalue weighted by molar-refractivity contribution is -0.122. The zero-order valence-corrected chi connectivity index (χ0v) is 13.3. The van der Waals surface area contributed by atoms with Gasteiger partial charge in [0.2, 0.25) is 0 Å². The average molecular weight is 342 g/mol. The van der Waals surface area contributed by atoms with E-state index in [1.165, 1.54) is 12.3 Å². The SMILES string of the molecule is O=C(Cn1ccc2ccccc21)NNC(=S)NC(=O)c1ccco1.